The Labute approximate surface area is 276 Å². The summed E-state index contributed by atoms with van der Waals surface area (Å²) < 4.78 is 4.68. The molecule has 0 unspecified atom stereocenters. The summed E-state index contributed by atoms with van der Waals surface area (Å²) in [6, 6.07) is 60.1. The van der Waals surface area contributed by atoms with Gasteiger partial charge in [0.25, 0.3) is 0 Å². The van der Waals surface area contributed by atoms with E-state index in [1.165, 1.54) is 43.7 Å². The van der Waals surface area contributed by atoms with Crippen molar-refractivity contribution in [3.8, 4) is 34.0 Å². The van der Waals surface area contributed by atoms with E-state index >= 15 is 0 Å². The quantitative estimate of drug-likeness (QED) is 0.198. The van der Waals surface area contributed by atoms with Gasteiger partial charge in [-0.1, -0.05) is 133 Å². The Hall–Kier alpha value is -6.52. The minimum Gasteiger partial charge on any atom is -0.309 e. The highest BCUT2D eigenvalue weighted by molar-refractivity contribution is 6.26. The molecule has 0 aliphatic heterocycles. The van der Waals surface area contributed by atoms with Gasteiger partial charge in [-0.25, -0.2) is 9.97 Å². The van der Waals surface area contributed by atoms with Gasteiger partial charge in [0.2, 0.25) is 5.95 Å². The third-order valence-electron chi connectivity index (χ3n) is 9.52. The van der Waals surface area contributed by atoms with Crippen molar-refractivity contribution in [2.45, 2.75) is 0 Å². The SMILES string of the molecule is c1ccc(-c2cccc(-n3c4ccccc4c4ccc5c(c6ccccc6n5-c5nc(-c6ccccc6)c6ccccc6n5)c43)c2)cc1. The molecule has 10 rings (SSSR count). The van der Waals surface area contributed by atoms with Crippen LogP contribution >= 0.6 is 0 Å². The minimum atomic E-state index is 0.659. The summed E-state index contributed by atoms with van der Waals surface area (Å²) in [7, 11) is 0. The first kappa shape index (κ1) is 26.7. The molecule has 4 heteroatoms. The molecule has 0 N–H and O–H groups in total. The second-order valence-electron chi connectivity index (χ2n) is 12.2. The van der Waals surface area contributed by atoms with E-state index in [2.05, 4.69) is 167 Å². The van der Waals surface area contributed by atoms with Crippen LogP contribution in [0.3, 0.4) is 0 Å². The second kappa shape index (κ2) is 10.5. The Bertz CT molecular complexity index is 2830. The van der Waals surface area contributed by atoms with Crippen molar-refractivity contribution in [1.29, 1.82) is 0 Å². The fraction of sp³-hybridized carbons (Fsp3) is 0. The molecule has 0 spiro atoms. The van der Waals surface area contributed by atoms with Gasteiger partial charge in [-0.15, -0.1) is 0 Å². The number of rotatable bonds is 4. The van der Waals surface area contributed by atoms with E-state index in [9.17, 15) is 0 Å². The normalized spacial score (nSPS) is 11.8. The van der Waals surface area contributed by atoms with E-state index in [0.29, 0.717) is 5.95 Å². The first-order chi connectivity index (χ1) is 23.8. The average molecular weight is 613 g/mol. The lowest BCUT2D eigenvalue weighted by atomic mass is 10.0. The highest BCUT2D eigenvalue weighted by atomic mass is 15.2. The Balaban J connectivity index is 1.33. The summed E-state index contributed by atoms with van der Waals surface area (Å²) in [4.78, 5) is 10.5. The molecule has 4 nitrogen and oxygen atoms in total. The van der Waals surface area contributed by atoms with Gasteiger partial charge in [0.1, 0.15) is 0 Å². The third-order valence-corrected chi connectivity index (χ3v) is 9.52. The topological polar surface area (TPSA) is 35.6 Å². The Morgan fingerprint density at radius 2 is 1.00 bits per heavy atom. The van der Waals surface area contributed by atoms with Crippen molar-refractivity contribution < 1.29 is 0 Å². The molecule has 224 valence electrons. The van der Waals surface area contributed by atoms with Crippen LogP contribution in [0.15, 0.2) is 170 Å². The molecule has 0 aliphatic carbocycles. The summed E-state index contributed by atoms with van der Waals surface area (Å²) in [6.45, 7) is 0. The summed E-state index contributed by atoms with van der Waals surface area (Å²) in [5, 5.41) is 5.83. The maximum absolute atomic E-state index is 5.31. The van der Waals surface area contributed by atoms with Crippen molar-refractivity contribution in [3.63, 3.8) is 0 Å². The van der Waals surface area contributed by atoms with Crippen molar-refractivity contribution in [2.24, 2.45) is 0 Å². The first-order valence-electron chi connectivity index (χ1n) is 16.3. The lowest BCUT2D eigenvalue weighted by molar-refractivity contribution is 1.01. The molecule has 0 fully saturated rings. The molecule has 3 aromatic heterocycles. The van der Waals surface area contributed by atoms with Gasteiger partial charge in [-0.05, 0) is 47.5 Å². The number of hydrogen-bond donors (Lipinski definition) is 0. The van der Waals surface area contributed by atoms with Gasteiger partial charge < -0.3 is 4.57 Å². The lowest BCUT2D eigenvalue weighted by Crippen LogP contribution is -2.03. The van der Waals surface area contributed by atoms with E-state index in [0.717, 1.165) is 38.9 Å². The largest absolute Gasteiger partial charge is 0.309 e. The van der Waals surface area contributed by atoms with Crippen LogP contribution in [0.1, 0.15) is 0 Å². The summed E-state index contributed by atoms with van der Waals surface area (Å²) in [5.41, 5.74) is 10.9. The number of hydrogen-bond acceptors (Lipinski definition) is 2. The lowest BCUT2D eigenvalue weighted by Gasteiger charge is -2.12. The van der Waals surface area contributed by atoms with Crippen LogP contribution in [-0.2, 0) is 0 Å². The molecule has 7 aromatic carbocycles. The number of nitrogens with zero attached hydrogens (tertiary/aromatic N) is 4. The molecule has 0 atom stereocenters. The number of aromatic nitrogens is 4. The van der Waals surface area contributed by atoms with Crippen LogP contribution in [0.4, 0.5) is 0 Å². The van der Waals surface area contributed by atoms with E-state index in [4.69, 9.17) is 9.97 Å². The highest BCUT2D eigenvalue weighted by Crippen LogP contribution is 2.42. The van der Waals surface area contributed by atoms with E-state index in [-0.39, 0.29) is 0 Å². The zero-order valence-corrected chi connectivity index (χ0v) is 26.0. The van der Waals surface area contributed by atoms with Crippen LogP contribution in [0.2, 0.25) is 0 Å². The van der Waals surface area contributed by atoms with Crippen molar-refractivity contribution in [3.05, 3.63) is 170 Å². The molecule has 3 heterocycles. The molecular formula is C44H28N4. The Morgan fingerprint density at radius 1 is 0.375 bits per heavy atom. The van der Waals surface area contributed by atoms with Gasteiger partial charge in [0.15, 0.2) is 0 Å². The van der Waals surface area contributed by atoms with Gasteiger partial charge in [-0.2, -0.15) is 0 Å². The first-order valence-corrected chi connectivity index (χ1v) is 16.3. The summed E-state index contributed by atoms with van der Waals surface area (Å²) >= 11 is 0. The predicted octanol–water partition coefficient (Wildman–Crippen LogP) is 11.2. The van der Waals surface area contributed by atoms with E-state index < -0.39 is 0 Å². The average Bonchev–Trinajstić information content (AvgIpc) is 3.68. The van der Waals surface area contributed by atoms with E-state index in [1.807, 2.05) is 12.1 Å². The molecule has 10 aromatic rings. The predicted molar refractivity (Wildman–Crippen MR) is 199 cm³/mol. The minimum absolute atomic E-state index is 0.659. The Morgan fingerprint density at radius 3 is 1.79 bits per heavy atom. The molecule has 0 saturated heterocycles. The molecule has 0 bridgehead atoms. The molecule has 0 amide bonds. The number of fused-ring (bicyclic) bond motifs is 8. The van der Waals surface area contributed by atoms with Gasteiger partial charge in [0.05, 0.1) is 33.3 Å². The molecule has 48 heavy (non-hydrogen) atoms. The maximum atomic E-state index is 5.31. The van der Waals surface area contributed by atoms with Crippen molar-refractivity contribution in [1.82, 2.24) is 19.1 Å². The van der Waals surface area contributed by atoms with Crippen LogP contribution in [0.5, 0.6) is 0 Å². The summed E-state index contributed by atoms with van der Waals surface area (Å²) in [6.07, 6.45) is 0. The number of para-hydroxylation sites is 3. The van der Waals surface area contributed by atoms with Crippen molar-refractivity contribution in [2.75, 3.05) is 0 Å². The van der Waals surface area contributed by atoms with Crippen LogP contribution in [0.25, 0.3) is 88.5 Å². The summed E-state index contributed by atoms with van der Waals surface area (Å²) in [5.74, 6) is 0.659. The maximum Gasteiger partial charge on any atom is 0.235 e. The zero-order valence-electron chi connectivity index (χ0n) is 26.0. The fourth-order valence-electron chi connectivity index (χ4n) is 7.43. The molecular weight excluding hydrogens is 585 g/mol. The molecule has 0 saturated carbocycles. The molecule has 0 radical (unpaired) electrons. The van der Waals surface area contributed by atoms with Crippen molar-refractivity contribution >= 4 is 54.5 Å². The van der Waals surface area contributed by atoms with Crippen LogP contribution < -0.4 is 0 Å². The zero-order chi connectivity index (χ0) is 31.6. The van der Waals surface area contributed by atoms with E-state index in [1.54, 1.807) is 0 Å². The smallest absolute Gasteiger partial charge is 0.235 e. The van der Waals surface area contributed by atoms with Crippen LogP contribution in [0, 0.1) is 0 Å². The number of benzene rings is 7. The van der Waals surface area contributed by atoms with Gasteiger partial charge in [0, 0.05) is 38.2 Å². The van der Waals surface area contributed by atoms with Crippen LogP contribution in [-0.4, -0.2) is 19.1 Å². The second-order valence-corrected chi connectivity index (χ2v) is 12.2. The van der Waals surface area contributed by atoms with Gasteiger partial charge in [-0.3, -0.25) is 4.57 Å². The molecule has 0 aliphatic rings. The standard InChI is InChI=1S/C44H28N4/c1-3-14-29(15-4-1)31-18-13-19-32(28-31)47-38-24-11-8-20-33(38)34-26-27-40-41(43(34)47)36-22-9-12-25-39(36)48(40)44-45-37-23-10-7-21-35(37)42(46-44)30-16-5-2-6-17-30/h1-28H. The van der Waals surface area contributed by atoms with Gasteiger partial charge >= 0.3 is 0 Å². The Kier molecular flexibility index (Phi) is 5.84. The third kappa shape index (κ3) is 3.96. The fourth-order valence-corrected chi connectivity index (χ4v) is 7.43. The highest BCUT2D eigenvalue weighted by Gasteiger charge is 2.22. The monoisotopic (exact) mass is 612 g/mol.